The summed E-state index contributed by atoms with van der Waals surface area (Å²) in [6.45, 7) is 4.54. The van der Waals surface area contributed by atoms with Crippen LogP contribution in [0.5, 0.6) is 0 Å². The van der Waals surface area contributed by atoms with E-state index in [9.17, 15) is 4.79 Å². The summed E-state index contributed by atoms with van der Waals surface area (Å²) in [4.78, 5) is 17.8. The van der Waals surface area contributed by atoms with Crippen molar-refractivity contribution in [2.75, 3.05) is 37.7 Å². The SMILES string of the molecule is O=C(C1CC=CCC1)N1CCCSCC1CN1CCCC1. The van der Waals surface area contributed by atoms with Crippen LogP contribution in [-0.2, 0) is 4.79 Å². The van der Waals surface area contributed by atoms with Crippen LogP contribution in [0.2, 0.25) is 0 Å². The van der Waals surface area contributed by atoms with E-state index in [1.165, 1.54) is 31.7 Å². The van der Waals surface area contributed by atoms with E-state index in [1.54, 1.807) is 0 Å². The lowest BCUT2D eigenvalue weighted by atomic mass is 9.92. The van der Waals surface area contributed by atoms with Gasteiger partial charge in [0.2, 0.25) is 5.91 Å². The van der Waals surface area contributed by atoms with Crippen LogP contribution >= 0.6 is 11.8 Å². The van der Waals surface area contributed by atoms with E-state index < -0.39 is 0 Å². The third-order valence-corrected chi connectivity index (χ3v) is 6.21. The van der Waals surface area contributed by atoms with Gasteiger partial charge in [-0.2, -0.15) is 11.8 Å². The predicted molar refractivity (Wildman–Crippen MR) is 89.6 cm³/mol. The summed E-state index contributed by atoms with van der Waals surface area (Å²) in [5.74, 6) is 3.03. The standard InChI is InChI=1S/C17H28N2OS/c20-17(15-7-2-1-3-8-15)19-11-6-12-21-14-16(19)13-18-9-4-5-10-18/h1-2,15-16H,3-14H2. The van der Waals surface area contributed by atoms with Crippen molar-refractivity contribution in [3.63, 3.8) is 0 Å². The van der Waals surface area contributed by atoms with Crippen molar-refractivity contribution in [3.05, 3.63) is 12.2 Å². The Hall–Kier alpha value is -0.480. The van der Waals surface area contributed by atoms with E-state index in [0.29, 0.717) is 11.9 Å². The Labute approximate surface area is 133 Å². The maximum atomic E-state index is 13.0. The average molecular weight is 308 g/mol. The van der Waals surface area contributed by atoms with Gasteiger partial charge in [-0.15, -0.1) is 0 Å². The second-order valence-corrected chi connectivity index (χ2v) is 7.75. The molecule has 0 spiro atoms. The first kappa shape index (κ1) is 15.4. The molecule has 1 amide bonds. The van der Waals surface area contributed by atoms with Crippen LogP contribution in [0.15, 0.2) is 12.2 Å². The minimum Gasteiger partial charge on any atom is -0.337 e. The monoisotopic (exact) mass is 308 g/mol. The molecule has 0 bridgehead atoms. The molecular weight excluding hydrogens is 280 g/mol. The molecule has 4 heteroatoms. The number of carbonyl (C=O) groups excluding carboxylic acids is 1. The molecule has 2 atom stereocenters. The van der Waals surface area contributed by atoms with Gasteiger partial charge < -0.3 is 9.80 Å². The maximum Gasteiger partial charge on any atom is 0.226 e. The van der Waals surface area contributed by atoms with Gasteiger partial charge in [-0.25, -0.2) is 0 Å². The number of likely N-dealkylation sites (tertiary alicyclic amines) is 1. The molecule has 2 unspecified atom stereocenters. The van der Waals surface area contributed by atoms with Gasteiger partial charge >= 0.3 is 0 Å². The Bertz CT molecular complexity index is 379. The minimum atomic E-state index is 0.249. The number of nitrogens with zero attached hydrogens (tertiary/aromatic N) is 2. The Kier molecular flexibility index (Phi) is 5.64. The van der Waals surface area contributed by atoms with Gasteiger partial charge in [0.05, 0.1) is 6.04 Å². The normalized spacial score (nSPS) is 31.3. The van der Waals surface area contributed by atoms with Gasteiger partial charge in [0.25, 0.3) is 0 Å². The number of hydrogen-bond donors (Lipinski definition) is 0. The van der Waals surface area contributed by atoms with Gasteiger partial charge in [-0.1, -0.05) is 12.2 Å². The summed E-state index contributed by atoms with van der Waals surface area (Å²) in [6.07, 6.45) is 11.3. The fourth-order valence-corrected chi connectivity index (χ4v) is 4.84. The largest absolute Gasteiger partial charge is 0.337 e. The number of allylic oxidation sites excluding steroid dienone is 2. The molecule has 3 nitrogen and oxygen atoms in total. The molecule has 2 saturated heterocycles. The molecule has 21 heavy (non-hydrogen) atoms. The van der Waals surface area contributed by atoms with Crippen molar-refractivity contribution in [2.24, 2.45) is 5.92 Å². The van der Waals surface area contributed by atoms with Crippen molar-refractivity contribution in [2.45, 2.75) is 44.6 Å². The smallest absolute Gasteiger partial charge is 0.226 e. The van der Waals surface area contributed by atoms with E-state index in [4.69, 9.17) is 0 Å². The Morgan fingerprint density at radius 3 is 2.76 bits per heavy atom. The van der Waals surface area contributed by atoms with E-state index in [0.717, 1.165) is 44.5 Å². The lowest BCUT2D eigenvalue weighted by Crippen LogP contribution is -2.49. The number of rotatable bonds is 3. The highest BCUT2D eigenvalue weighted by Gasteiger charge is 2.32. The van der Waals surface area contributed by atoms with Crippen LogP contribution in [-0.4, -0.2) is 59.4 Å². The van der Waals surface area contributed by atoms with E-state index in [2.05, 4.69) is 22.0 Å². The van der Waals surface area contributed by atoms with Crippen molar-refractivity contribution in [3.8, 4) is 0 Å². The van der Waals surface area contributed by atoms with Crippen LogP contribution in [0, 0.1) is 5.92 Å². The van der Waals surface area contributed by atoms with Gasteiger partial charge in [0.1, 0.15) is 0 Å². The summed E-state index contributed by atoms with van der Waals surface area (Å²) in [5.41, 5.74) is 0. The first-order chi connectivity index (χ1) is 10.3. The summed E-state index contributed by atoms with van der Waals surface area (Å²) >= 11 is 2.04. The molecule has 1 aliphatic carbocycles. The van der Waals surface area contributed by atoms with Gasteiger partial charge in [-0.05, 0) is 57.4 Å². The molecule has 3 aliphatic rings. The highest BCUT2D eigenvalue weighted by molar-refractivity contribution is 7.99. The fraction of sp³-hybridized carbons (Fsp3) is 0.824. The first-order valence-electron chi connectivity index (χ1n) is 8.60. The van der Waals surface area contributed by atoms with Crippen molar-refractivity contribution < 1.29 is 4.79 Å². The molecule has 2 fully saturated rings. The molecule has 2 heterocycles. The summed E-state index contributed by atoms with van der Waals surface area (Å²) < 4.78 is 0. The van der Waals surface area contributed by atoms with E-state index >= 15 is 0 Å². The molecule has 0 N–H and O–H groups in total. The second-order valence-electron chi connectivity index (χ2n) is 6.60. The molecule has 0 aromatic heterocycles. The van der Waals surface area contributed by atoms with Crippen molar-refractivity contribution in [1.29, 1.82) is 0 Å². The van der Waals surface area contributed by atoms with Crippen LogP contribution in [0.3, 0.4) is 0 Å². The Balaban J connectivity index is 1.65. The molecule has 0 aromatic rings. The molecule has 3 rings (SSSR count). The molecule has 2 aliphatic heterocycles. The molecular formula is C17H28N2OS. The number of amides is 1. The lowest BCUT2D eigenvalue weighted by molar-refractivity contribution is -0.138. The lowest BCUT2D eigenvalue weighted by Gasteiger charge is -2.35. The number of carbonyl (C=O) groups is 1. The third kappa shape index (κ3) is 4.04. The topological polar surface area (TPSA) is 23.6 Å². The van der Waals surface area contributed by atoms with E-state index in [-0.39, 0.29) is 5.92 Å². The van der Waals surface area contributed by atoms with Crippen LogP contribution in [0.4, 0.5) is 0 Å². The fourth-order valence-electron chi connectivity index (χ4n) is 3.79. The summed E-state index contributed by atoms with van der Waals surface area (Å²) in [6, 6.07) is 0.439. The zero-order valence-electron chi connectivity index (χ0n) is 13.0. The van der Waals surface area contributed by atoms with E-state index in [1.807, 2.05) is 11.8 Å². The van der Waals surface area contributed by atoms with Crippen LogP contribution in [0.25, 0.3) is 0 Å². The van der Waals surface area contributed by atoms with Crippen molar-refractivity contribution >= 4 is 17.7 Å². The summed E-state index contributed by atoms with van der Waals surface area (Å²) in [5, 5.41) is 0. The maximum absolute atomic E-state index is 13.0. The third-order valence-electron chi connectivity index (χ3n) is 5.01. The minimum absolute atomic E-state index is 0.249. The second kappa shape index (κ2) is 7.68. The Morgan fingerprint density at radius 2 is 2.00 bits per heavy atom. The van der Waals surface area contributed by atoms with Gasteiger partial charge in [-0.3, -0.25) is 4.79 Å². The molecule has 0 radical (unpaired) electrons. The first-order valence-corrected chi connectivity index (χ1v) is 9.75. The summed E-state index contributed by atoms with van der Waals surface area (Å²) in [7, 11) is 0. The Morgan fingerprint density at radius 1 is 1.14 bits per heavy atom. The van der Waals surface area contributed by atoms with Crippen molar-refractivity contribution in [1.82, 2.24) is 9.80 Å². The van der Waals surface area contributed by atoms with Gasteiger partial charge in [0.15, 0.2) is 0 Å². The highest BCUT2D eigenvalue weighted by Crippen LogP contribution is 2.25. The van der Waals surface area contributed by atoms with Crippen LogP contribution < -0.4 is 0 Å². The molecule has 0 saturated carbocycles. The average Bonchev–Trinajstić information content (AvgIpc) is 2.92. The molecule has 118 valence electrons. The highest BCUT2D eigenvalue weighted by atomic mass is 32.2. The quantitative estimate of drug-likeness (QED) is 0.749. The van der Waals surface area contributed by atoms with Gasteiger partial charge in [0, 0.05) is 24.8 Å². The zero-order chi connectivity index (χ0) is 14.5. The molecule has 0 aromatic carbocycles. The number of hydrogen-bond acceptors (Lipinski definition) is 3. The zero-order valence-corrected chi connectivity index (χ0v) is 13.8. The number of thioether (sulfide) groups is 1. The predicted octanol–water partition coefficient (Wildman–Crippen LogP) is 2.77. The van der Waals surface area contributed by atoms with Crippen LogP contribution in [0.1, 0.15) is 38.5 Å².